The number of hydrogen-bond donors (Lipinski definition) is 5. The van der Waals surface area contributed by atoms with E-state index >= 15 is 0 Å². The monoisotopic (exact) mass is 1120 g/mol. The molecule has 6 heterocycles. The van der Waals surface area contributed by atoms with Crippen LogP contribution in [0.5, 0.6) is 5.75 Å². The zero-order valence-corrected chi connectivity index (χ0v) is 48.7. The molecule has 6 unspecified atom stereocenters. The number of piperidine rings is 1. The van der Waals surface area contributed by atoms with Gasteiger partial charge in [-0.05, 0) is 129 Å². The second-order valence-electron chi connectivity index (χ2n) is 23.9. The second-order valence-corrected chi connectivity index (χ2v) is 23.9. The van der Waals surface area contributed by atoms with Crippen LogP contribution in [0, 0.1) is 39.9 Å². The number of pyridine rings is 1. The molecule has 4 aliphatic rings. The van der Waals surface area contributed by atoms with Crippen molar-refractivity contribution in [2.24, 2.45) is 22.5 Å². The molecule has 0 radical (unpaired) electrons. The summed E-state index contributed by atoms with van der Waals surface area (Å²) in [6.07, 6.45) is 3.94. The van der Waals surface area contributed by atoms with E-state index in [4.69, 9.17) is 30.7 Å². The quantitative estimate of drug-likeness (QED) is 0.0480. The number of esters is 1. The first kappa shape index (κ1) is 59.3. The van der Waals surface area contributed by atoms with Crippen molar-refractivity contribution in [2.45, 2.75) is 129 Å². The summed E-state index contributed by atoms with van der Waals surface area (Å²) in [5.41, 5.74) is 22.9. The lowest BCUT2D eigenvalue weighted by Crippen LogP contribution is -2.62. The number of nitrogens with two attached hydrogens (primary N) is 2. The van der Waals surface area contributed by atoms with E-state index in [2.05, 4.69) is 77.1 Å². The van der Waals surface area contributed by atoms with E-state index in [1.807, 2.05) is 45.0 Å². The van der Waals surface area contributed by atoms with Crippen molar-refractivity contribution in [3.63, 3.8) is 0 Å². The highest BCUT2D eigenvalue weighted by Crippen LogP contribution is 2.43. The van der Waals surface area contributed by atoms with Crippen LogP contribution in [-0.2, 0) is 52.8 Å². The summed E-state index contributed by atoms with van der Waals surface area (Å²) in [5.74, 6) is 4.24. The Bertz CT molecular complexity index is 3290. The molecule has 9 rings (SSSR count). The third-order valence-corrected chi connectivity index (χ3v) is 17.1. The summed E-state index contributed by atoms with van der Waals surface area (Å²) in [7, 11) is 3.26. The van der Waals surface area contributed by atoms with Gasteiger partial charge in [-0.2, -0.15) is 5.26 Å². The molecule has 0 saturated carbocycles. The number of fused-ring (bicyclic) bond motifs is 6. The number of nitrogens with zero attached hydrogens (tertiary/aromatic N) is 6. The van der Waals surface area contributed by atoms with Crippen LogP contribution in [0.25, 0.3) is 33.3 Å². The number of anilines is 1. The molecule has 4 aliphatic heterocycles. The Hall–Kier alpha value is -7.32. The van der Waals surface area contributed by atoms with Gasteiger partial charge in [-0.3, -0.25) is 34.1 Å². The van der Waals surface area contributed by atoms with Gasteiger partial charge in [-0.25, -0.2) is 5.43 Å². The number of likely N-dealkylation sites (tertiary alicyclic amines) is 1. The second kappa shape index (κ2) is 25.0. The van der Waals surface area contributed by atoms with Crippen LogP contribution in [0.2, 0.25) is 0 Å². The lowest BCUT2D eigenvalue weighted by Gasteiger charge is -2.37. The Morgan fingerprint density at radius 1 is 1.02 bits per heavy atom. The number of amides is 3. The first-order chi connectivity index (χ1) is 39.3. The number of methoxy groups -OCH3 is 1. The van der Waals surface area contributed by atoms with E-state index < -0.39 is 52.8 Å². The van der Waals surface area contributed by atoms with Crippen molar-refractivity contribution in [1.29, 1.82) is 5.26 Å². The van der Waals surface area contributed by atoms with E-state index in [1.54, 1.807) is 44.6 Å². The number of aromatic nitrogens is 2. The van der Waals surface area contributed by atoms with Crippen molar-refractivity contribution in [1.82, 2.24) is 35.1 Å². The lowest BCUT2D eigenvalue weighted by atomic mass is 9.80. The molecule has 6 bridgehead atoms. The first-order valence-corrected chi connectivity index (χ1v) is 28.9. The predicted octanol–water partition coefficient (Wildman–Crippen LogP) is 7.01. The Kier molecular flexibility index (Phi) is 18.1. The van der Waals surface area contributed by atoms with Crippen LogP contribution >= 0.6 is 0 Å². The van der Waals surface area contributed by atoms with Gasteiger partial charge in [0.15, 0.2) is 0 Å². The number of ether oxygens (including phenoxy) is 3. The number of benzene rings is 3. The number of nitrogens with one attached hydrogen (secondary N) is 2. The maximum absolute atomic E-state index is 15.0. The molecular weight excluding hydrogens is 1040 g/mol. The normalized spacial score (nSPS) is 21.8. The highest BCUT2D eigenvalue weighted by Gasteiger charge is 2.43. The van der Waals surface area contributed by atoms with Crippen molar-refractivity contribution in [3.8, 4) is 46.0 Å². The number of phenols is 1. The molecule has 18 nitrogen and oxygen atoms in total. The zero-order valence-electron chi connectivity index (χ0n) is 48.7. The average Bonchev–Trinajstić information content (AvgIpc) is 4.24. The average molecular weight is 1120 g/mol. The SMILES string of the molecule is CCn1c(-c2cc(C#CCN3CCC(C#N)(CN)CC3)cnc2C(C)OC)c2c3cc(ccc31)-c1cc(O)cc(c1)CC(NC(=O)C(C(C)C)N(C)C(=O)C1OCCC1c1ccc(N)cc1)C(=O)N1CCCC(N1)C(=O)OCC(C)(C)C2. The molecule has 3 aromatic carbocycles. The molecule has 5 aromatic rings. The molecular formula is C64H80N10O8. The van der Waals surface area contributed by atoms with Crippen molar-refractivity contribution in [2.75, 3.05) is 65.8 Å². The van der Waals surface area contributed by atoms with E-state index in [0.717, 1.165) is 63.2 Å². The van der Waals surface area contributed by atoms with E-state index in [-0.39, 0.29) is 49.2 Å². The van der Waals surface area contributed by atoms with Gasteiger partial charge in [-0.1, -0.05) is 63.8 Å². The minimum atomic E-state index is -1.20. The largest absolute Gasteiger partial charge is 0.508 e. The molecule has 82 heavy (non-hydrogen) atoms. The van der Waals surface area contributed by atoms with Gasteiger partial charge in [0.05, 0.1) is 42.1 Å². The van der Waals surface area contributed by atoms with Gasteiger partial charge in [0.1, 0.15) is 30.0 Å². The Morgan fingerprint density at radius 3 is 2.48 bits per heavy atom. The number of carbonyl (C=O) groups is 4. The van der Waals surface area contributed by atoms with Crippen LogP contribution in [0.4, 0.5) is 5.69 Å². The Morgan fingerprint density at radius 2 is 1.78 bits per heavy atom. The third-order valence-electron chi connectivity index (χ3n) is 17.1. The highest BCUT2D eigenvalue weighted by atomic mass is 16.5. The smallest absolute Gasteiger partial charge is 0.324 e. The number of aryl methyl sites for hydroxylation is 1. The van der Waals surface area contributed by atoms with E-state index in [9.17, 15) is 29.5 Å². The van der Waals surface area contributed by atoms with E-state index in [1.165, 1.54) is 9.91 Å². The lowest BCUT2D eigenvalue weighted by molar-refractivity contribution is -0.155. The summed E-state index contributed by atoms with van der Waals surface area (Å²) in [6.45, 7) is 15.6. The molecule has 3 saturated heterocycles. The number of cyclic esters (lactones) is 1. The van der Waals surface area contributed by atoms with Crippen LogP contribution in [0.1, 0.15) is 114 Å². The number of hydrogen-bond acceptors (Lipinski definition) is 14. The maximum atomic E-state index is 15.0. The number of nitrogen functional groups attached to an aromatic ring is 1. The molecule has 18 heteroatoms. The summed E-state index contributed by atoms with van der Waals surface area (Å²) >= 11 is 0. The summed E-state index contributed by atoms with van der Waals surface area (Å²) < 4.78 is 20.5. The number of likely N-dealkylation sites (N-methyl/N-ethyl adjacent to an activating group) is 1. The first-order valence-electron chi connectivity index (χ1n) is 28.9. The number of phenolic OH excluding ortho intramolecular Hbond substituents is 1. The summed E-state index contributed by atoms with van der Waals surface area (Å²) in [5, 5.41) is 26.7. The Balaban J connectivity index is 1.10. The van der Waals surface area contributed by atoms with Gasteiger partial charge in [0, 0.05) is 105 Å². The van der Waals surface area contributed by atoms with Gasteiger partial charge in [-0.15, -0.1) is 0 Å². The number of carbonyl (C=O) groups excluding carboxylic acids is 4. The van der Waals surface area contributed by atoms with Crippen molar-refractivity contribution < 1.29 is 38.5 Å². The minimum Gasteiger partial charge on any atom is -0.508 e. The zero-order chi connectivity index (χ0) is 58.6. The summed E-state index contributed by atoms with van der Waals surface area (Å²) in [6, 6.07) is 20.3. The van der Waals surface area contributed by atoms with Gasteiger partial charge in [0.25, 0.3) is 11.8 Å². The molecule has 0 aliphatic carbocycles. The van der Waals surface area contributed by atoms with Crippen molar-refractivity contribution >= 4 is 40.3 Å². The standard InChI is InChI=1S/C64H80N10O8/c1-9-73-54-19-16-44-33-49(54)51(57(73)50-30-41(35-68-55(50)40(4)80-8)12-10-23-72-25-21-64(36-65,37-66)22-26-72)34-63(5,6)38-82-62(79)52-13-11-24-74(70-52)60(77)53(31-42-28-45(44)32-47(75)29-42)69-59(76)56(39(2)3)71(7)61(78)58-48(20-27-81-58)43-14-17-46(67)18-15-43/h14-19,28-30,32-33,35,39-40,48,52-53,56,58,70,75H,9,11,13,20-27,31,34,36,38,65,67H2,1-8H3,(H,69,76). The van der Waals surface area contributed by atoms with E-state index in [0.29, 0.717) is 81.6 Å². The topological polar surface area (TPSA) is 244 Å². The van der Waals surface area contributed by atoms with Crippen LogP contribution in [0.3, 0.4) is 0 Å². The van der Waals surface area contributed by atoms with Gasteiger partial charge >= 0.3 is 5.97 Å². The number of nitriles is 1. The molecule has 2 aromatic heterocycles. The molecule has 6 atom stereocenters. The molecule has 434 valence electrons. The number of aromatic hydroxyl groups is 1. The molecule has 7 N–H and O–H groups in total. The molecule has 3 amide bonds. The Labute approximate surface area is 481 Å². The maximum Gasteiger partial charge on any atom is 0.324 e. The fourth-order valence-corrected chi connectivity index (χ4v) is 12.4. The van der Waals surface area contributed by atoms with Gasteiger partial charge < -0.3 is 45.6 Å². The van der Waals surface area contributed by atoms with Crippen LogP contribution in [0.15, 0.2) is 72.9 Å². The summed E-state index contributed by atoms with van der Waals surface area (Å²) in [4.78, 5) is 67.2. The fraction of sp³-hybridized carbons (Fsp3) is 0.500. The molecule has 3 fully saturated rings. The molecule has 0 spiro atoms. The third kappa shape index (κ3) is 12.7. The van der Waals surface area contributed by atoms with Crippen LogP contribution in [-0.4, -0.2) is 137 Å². The predicted molar refractivity (Wildman–Crippen MR) is 314 cm³/mol. The number of hydrazine groups is 1. The number of rotatable bonds is 12. The van der Waals surface area contributed by atoms with Crippen LogP contribution < -0.4 is 22.2 Å². The highest BCUT2D eigenvalue weighted by molar-refractivity contribution is 5.96. The van der Waals surface area contributed by atoms with Crippen molar-refractivity contribution in [3.05, 3.63) is 101 Å². The van der Waals surface area contributed by atoms with Gasteiger partial charge in [0.2, 0.25) is 5.91 Å². The fourth-order valence-electron chi connectivity index (χ4n) is 12.4. The minimum absolute atomic E-state index is 0.0301.